The van der Waals surface area contributed by atoms with E-state index in [9.17, 15) is 0 Å². The van der Waals surface area contributed by atoms with E-state index >= 15 is 8.78 Å². The molecule has 57 heavy (non-hydrogen) atoms. The normalized spacial score (nSPS) is 13.1. The number of fused-ring (bicyclic) bond motifs is 4. The lowest BCUT2D eigenvalue weighted by atomic mass is 9.82. The zero-order chi connectivity index (χ0) is 38.4. The summed E-state index contributed by atoms with van der Waals surface area (Å²) in [6, 6.07) is 58.2. The van der Waals surface area contributed by atoms with Crippen LogP contribution < -0.4 is 9.80 Å². The molecule has 10 aromatic rings. The van der Waals surface area contributed by atoms with Gasteiger partial charge in [-0.1, -0.05) is 129 Å². The number of halogens is 2. The first-order valence-corrected chi connectivity index (χ1v) is 19.3. The average Bonchev–Trinajstić information content (AvgIpc) is 3.48. The van der Waals surface area contributed by atoms with Crippen LogP contribution in [-0.2, 0) is 5.41 Å². The van der Waals surface area contributed by atoms with Gasteiger partial charge < -0.3 is 4.90 Å². The summed E-state index contributed by atoms with van der Waals surface area (Å²) < 4.78 is 31.6. The van der Waals surface area contributed by atoms with Gasteiger partial charge in [0.05, 0.1) is 22.6 Å². The Balaban J connectivity index is 1.19. The van der Waals surface area contributed by atoms with E-state index in [2.05, 4.69) is 110 Å². The van der Waals surface area contributed by atoms with Crippen LogP contribution in [0.25, 0.3) is 54.3 Å². The summed E-state index contributed by atoms with van der Waals surface area (Å²) in [7, 11) is 0. The van der Waals surface area contributed by atoms with Crippen molar-refractivity contribution in [3.8, 4) is 11.1 Å². The van der Waals surface area contributed by atoms with Gasteiger partial charge in [-0.15, -0.1) is 0 Å². The van der Waals surface area contributed by atoms with Crippen LogP contribution >= 0.6 is 0 Å². The smallest absolute Gasteiger partial charge is 0.174 e. The van der Waals surface area contributed by atoms with Crippen molar-refractivity contribution in [3.05, 3.63) is 199 Å². The van der Waals surface area contributed by atoms with Crippen LogP contribution in [0.15, 0.2) is 176 Å². The first-order chi connectivity index (χ1) is 27.9. The van der Waals surface area contributed by atoms with Crippen LogP contribution in [0.4, 0.5) is 43.0 Å². The molecular weight excluding hydrogens is 705 g/mol. The first-order valence-electron chi connectivity index (χ1n) is 19.3. The van der Waals surface area contributed by atoms with Gasteiger partial charge in [-0.2, -0.15) is 0 Å². The van der Waals surface area contributed by atoms with E-state index in [4.69, 9.17) is 4.98 Å². The predicted octanol–water partition coefficient (Wildman–Crippen LogP) is 14.7. The molecule has 1 aliphatic rings. The fourth-order valence-corrected chi connectivity index (χ4v) is 9.29. The Morgan fingerprint density at radius 1 is 0.474 bits per heavy atom. The van der Waals surface area contributed by atoms with Gasteiger partial charge in [0, 0.05) is 38.5 Å². The first kappa shape index (κ1) is 33.2. The van der Waals surface area contributed by atoms with E-state index in [0.717, 1.165) is 71.7 Å². The van der Waals surface area contributed by atoms with E-state index in [1.54, 1.807) is 18.2 Å². The topological polar surface area (TPSA) is 19.4 Å². The Morgan fingerprint density at radius 3 is 1.84 bits per heavy atom. The molecule has 0 saturated heterocycles. The second-order valence-electron chi connectivity index (χ2n) is 15.4. The molecule has 1 heterocycles. The number of anilines is 6. The number of pyridine rings is 1. The van der Waals surface area contributed by atoms with Crippen LogP contribution in [0.1, 0.15) is 25.0 Å². The monoisotopic (exact) mass is 739 g/mol. The van der Waals surface area contributed by atoms with Crippen molar-refractivity contribution in [1.29, 1.82) is 0 Å². The van der Waals surface area contributed by atoms with Crippen molar-refractivity contribution in [3.63, 3.8) is 0 Å². The third-order valence-electron chi connectivity index (χ3n) is 11.9. The van der Waals surface area contributed by atoms with Crippen molar-refractivity contribution in [1.82, 2.24) is 4.98 Å². The van der Waals surface area contributed by atoms with E-state index in [0.29, 0.717) is 5.52 Å². The Labute approximate surface area is 329 Å². The number of hydrogen-bond donors (Lipinski definition) is 0. The highest BCUT2D eigenvalue weighted by Gasteiger charge is 2.38. The number of rotatable bonds is 6. The Kier molecular flexibility index (Phi) is 7.26. The third-order valence-corrected chi connectivity index (χ3v) is 11.9. The van der Waals surface area contributed by atoms with Crippen LogP contribution in [0.2, 0.25) is 0 Å². The standard InChI is InChI=1S/C52H35F2N3/c1-52(2)41-18-8-7-17-38(41)50-42(52)19-11-21-47(50)56(37-16-10-13-35(53)31-37)45-28-24-32-23-27-40-46(29-25-33-22-26-39(45)48(32)49(33)40)57(36-14-4-3-5-15-36)51-43(54)30-34-12-6-9-20-44(34)55-51/h3-31H,1-2H3. The van der Waals surface area contributed by atoms with Gasteiger partial charge in [-0.05, 0) is 98.9 Å². The fourth-order valence-electron chi connectivity index (χ4n) is 9.29. The molecule has 11 rings (SSSR count). The maximum absolute atomic E-state index is 16.3. The lowest BCUT2D eigenvalue weighted by Crippen LogP contribution is -2.16. The molecule has 0 saturated carbocycles. The van der Waals surface area contributed by atoms with E-state index < -0.39 is 5.82 Å². The Morgan fingerprint density at radius 2 is 1.09 bits per heavy atom. The Bertz CT molecular complexity index is 3210. The second kappa shape index (κ2) is 12.5. The number of benzene rings is 9. The molecule has 272 valence electrons. The maximum Gasteiger partial charge on any atom is 0.174 e. The van der Waals surface area contributed by atoms with Crippen molar-refractivity contribution >= 4 is 77.5 Å². The predicted molar refractivity (Wildman–Crippen MR) is 232 cm³/mol. The Hall–Kier alpha value is -7.11. The molecular formula is C52H35F2N3. The molecule has 9 aromatic carbocycles. The molecule has 0 unspecified atom stereocenters. The maximum atomic E-state index is 16.3. The molecule has 0 aliphatic heterocycles. The summed E-state index contributed by atoms with van der Waals surface area (Å²) in [5, 5.41) is 7.03. The number of hydrogen-bond acceptors (Lipinski definition) is 3. The molecule has 0 fully saturated rings. The van der Waals surface area contributed by atoms with Crippen LogP contribution in [0, 0.1) is 11.6 Å². The van der Waals surface area contributed by atoms with E-state index in [-0.39, 0.29) is 17.1 Å². The average molecular weight is 740 g/mol. The molecule has 0 atom stereocenters. The van der Waals surface area contributed by atoms with E-state index in [1.807, 2.05) is 65.6 Å². The highest BCUT2D eigenvalue weighted by molar-refractivity contribution is 6.28. The summed E-state index contributed by atoms with van der Waals surface area (Å²) in [5.74, 6) is -0.478. The summed E-state index contributed by atoms with van der Waals surface area (Å²) in [6.45, 7) is 4.56. The largest absolute Gasteiger partial charge is 0.309 e. The number of aromatic nitrogens is 1. The highest BCUT2D eigenvalue weighted by atomic mass is 19.1. The molecule has 0 amide bonds. The molecule has 3 nitrogen and oxygen atoms in total. The highest BCUT2D eigenvalue weighted by Crippen LogP contribution is 2.55. The molecule has 0 N–H and O–H groups in total. The van der Waals surface area contributed by atoms with Crippen molar-refractivity contribution in [2.24, 2.45) is 0 Å². The minimum atomic E-state index is -0.406. The lowest BCUT2D eigenvalue weighted by molar-refractivity contribution is 0.625. The second-order valence-corrected chi connectivity index (χ2v) is 15.4. The summed E-state index contributed by atoms with van der Waals surface area (Å²) in [6.07, 6.45) is 0. The van der Waals surface area contributed by atoms with Crippen LogP contribution in [0.3, 0.4) is 0 Å². The van der Waals surface area contributed by atoms with Crippen molar-refractivity contribution < 1.29 is 8.78 Å². The number of para-hydroxylation sites is 2. The molecule has 1 aliphatic carbocycles. The minimum Gasteiger partial charge on any atom is -0.309 e. The van der Waals surface area contributed by atoms with Gasteiger partial charge in [0.1, 0.15) is 5.82 Å². The van der Waals surface area contributed by atoms with Gasteiger partial charge in [-0.3, -0.25) is 4.90 Å². The lowest BCUT2D eigenvalue weighted by Gasteiger charge is -2.31. The summed E-state index contributed by atoms with van der Waals surface area (Å²) >= 11 is 0. The summed E-state index contributed by atoms with van der Waals surface area (Å²) in [5.41, 5.74) is 9.62. The van der Waals surface area contributed by atoms with Crippen molar-refractivity contribution in [2.75, 3.05) is 9.80 Å². The molecule has 0 spiro atoms. The molecule has 1 aromatic heterocycles. The van der Waals surface area contributed by atoms with Crippen molar-refractivity contribution in [2.45, 2.75) is 19.3 Å². The van der Waals surface area contributed by atoms with E-state index in [1.165, 1.54) is 22.8 Å². The number of nitrogens with zero attached hydrogens (tertiary/aromatic N) is 3. The summed E-state index contributed by atoms with van der Waals surface area (Å²) in [4.78, 5) is 9.07. The molecule has 0 radical (unpaired) electrons. The van der Waals surface area contributed by atoms with Gasteiger partial charge in [-0.25, -0.2) is 13.8 Å². The zero-order valence-corrected chi connectivity index (χ0v) is 31.3. The fraction of sp³-hybridized carbons (Fsp3) is 0.0577. The zero-order valence-electron chi connectivity index (χ0n) is 31.3. The SMILES string of the molecule is CC1(C)c2ccccc2-c2c(N(c3cccc(F)c3)c3ccc4ccc5c(N(c6ccccc6)c6nc7ccccc7cc6F)ccc6ccc3c4c65)cccc21. The minimum absolute atomic E-state index is 0.210. The molecule has 5 heteroatoms. The molecule has 0 bridgehead atoms. The van der Waals surface area contributed by atoms with Gasteiger partial charge in [0.2, 0.25) is 0 Å². The van der Waals surface area contributed by atoms with Gasteiger partial charge in [0.15, 0.2) is 11.6 Å². The van der Waals surface area contributed by atoms with Gasteiger partial charge >= 0.3 is 0 Å². The van der Waals surface area contributed by atoms with Gasteiger partial charge in [0.25, 0.3) is 0 Å². The van der Waals surface area contributed by atoms with Crippen LogP contribution in [0.5, 0.6) is 0 Å². The third kappa shape index (κ3) is 4.98. The van der Waals surface area contributed by atoms with Crippen LogP contribution in [-0.4, -0.2) is 4.98 Å². The quantitative estimate of drug-likeness (QED) is 0.158.